The van der Waals surface area contributed by atoms with E-state index in [4.69, 9.17) is 21.8 Å². The number of aliphatic hydroxyl groups excluding tert-OH is 1. The highest BCUT2D eigenvalue weighted by Gasteiger charge is 2.17. The number of aromatic carboxylic acids is 1. The molecule has 6 nitrogen and oxygen atoms in total. The number of carboxylic acids is 1. The van der Waals surface area contributed by atoms with Crippen molar-refractivity contribution in [3.63, 3.8) is 0 Å². The Labute approximate surface area is 122 Å². The number of carbonyl (C=O) groups excluding carboxylic acids is 1. The third-order valence-corrected chi connectivity index (χ3v) is 2.84. The molecule has 2 amide bonds. The van der Waals surface area contributed by atoms with Crippen LogP contribution in [-0.4, -0.2) is 46.3 Å². The molecule has 1 rings (SSSR count). The van der Waals surface area contributed by atoms with E-state index < -0.39 is 12.0 Å². The molecule has 0 aliphatic heterocycles. The van der Waals surface area contributed by atoms with Gasteiger partial charge in [-0.25, -0.2) is 9.59 Å². The molecular weight excluding hydrogens is 284 g/mol. The molecule has 1 aromatic rings. The zero-order chi connectivity index (χ0) is 15.3. The number of nitrogens with one attached hydrogen (secondary N) is 1. The van der Waals surface area contributed by atoms with E-state index in [1.807, 2.05) is 13.8 Å². The molecule has 0 aliphatic rings. The molecule has 0 spiro atoms. The Morgan fingerprint density at radius 2 is 2.00 bits per heavy atom. The maximum Gasteiger partial charge on any atom is 0.335 e. The Morgan fingerprint density at radius 3 is 2.50 bits per heavy atom. The Bertz CT molecular complexity index is 505. The summed E-state index contributed by atoms with van der Waals surface area (Å²) in [5.41, 5.74) is 0.287. The van der Waals surface area contributed by atoms with Crippen molar-refractivity contribution in [1.29, 1.82) is 0 Å². The molecular formula is C13H17ClN2O4. The number of halogens is 1. The van der Waals surface area contributed by atoms with Gasteiger partial charge >= 0.3 is 12.0 Å². The van der Waals surface area contributed by atoms with Crippen LogP contribution in [0.25, 0.3) is 0 Å². The number of hydrogen-bond donors (Lipinski definition) is 3. The second-order valence-electron chi connectivity index (χ2n) is 4.47. The molecule has 0 atom stereocenters. The van der Waals surface area contributed by atoms with Crippen LogP contribution >= 0.6 is 11.6 Å². The largest absolute Gasteiger partial charge is 0.478 e. The number of aliphatic hydroxyl groups is 1. The quantitative estimate of drug-likeness (QED) is 0.778. The second-order valence-corrected chi connectivity index (χ2v) is 4.91. The lowest BCUT2D eigenvalue weighted by Crippen LogP contribution is -2.41. The van der Waals surface area contributed by atoms with Gasteiger partial charge in [0.25, 0.3) is 0 Å². The molecule has 0 bridgehead atoms. The predicted molar refractivity (Wildman–Crippen MR) is 76.4 cm³/mol. The summed E-state index contributed by atoms with van der Waals surface area (Å²) in [6.07, 6.45) is 0. The van der Waals surface area contributed by atoms with Crippen LogP contribution < -0.4 is 5.32 Å². The lowest BCUT2D eigenvalue weighted by Gasteiger charge is -2.26. The van der Waals surface area contributed by atoms with Crippen molar-refractivity contribution in [3.8, 4) is 0 Å². The van der Waals surface area contributed by atoms with Crippen LogP contribution in [0.15, 0.2) is 18.2 Å². The highest BCUT2D eigenvalue weighted by molar-refractivity contribution is 6.31. The molecule has 3 N–H and O–H groups in total. The summed E-state index contributed by atoms with van der Waals surface area (Å²) in [4.78, 5) is 24.4. The first kappa shape index (κ1) is 16.3. The van der Waals surface area contributed by atoms with Crippen molar-refractivity contribution in [3.05, 3.63) is 28.8 Å². The van der Waals surface area contributed by atoms with Gasteiger partial charge in [-0.1, -0.05) is 11.6 Å². The van der Waals surface area contributed by atoms with Gasteiger partial charge in [0.15, 0.2) is 0 Å². The van der Waals surface area contributed by atoms with Crippen molar-refractivity contribution in [2.24, 2.45) is 0 Å². The molecule has 0 radical (unpaired) electrons. The minimum atomic E-state index is -1.13. The minimum Gasteiger partial charge on any atom is -0.478 e. The molecule has 0 saturated heterocycles. The fourth-order valence-corrected chi connectivity index (χ4v) is 1.92. The first-order valence-corrected chi connectivity index (χ1v) is 6.45. The fourth-order valence-electron chi connectivity index (χ4n) is 1.68. The number of rotatable bonds is 5. The molecule has 0 aromatic heterocycles. The molecule has 1 aromatic carbocycles. The van der Waals surface area contributed by atoms with Crippen LogP contribution in [0.1, 0.15) is 24.2 Å². The maximum atomic E-state index is 12.0. The van der Waals surface area contributed by atoms with E-state index >= 15 is 0 Å². The summed E-state index contributed by atoms with van der Waals surface area (Å²) in [6.45, 7) is 3.67. The van der Waals surface area contributed by atoms with Gasteiger partial charge in [0.2, 0.25) is 0 Å². The highest BCUT2D eigenvalue weighted by Crippen LogP contribution is 2.19. The zero-order valence-electron chi connectivity index (χ0n) is 11.3. The van der Waals surface area contributed by atoms with Crippen LogP contribution in [0, 0.1) is 0 Å². The van der Waals surface area contributed by atoms with Gasteiger partial charge in [-0.05, 0) is 32.0 Å². The van der Waals surface area contributed by atoms with Crippen molar-refractivity contribution in [2.75, 3.05) is 18.5 Å². The average molecular weight is 301 g/mol. The zero-order valence-corrected chi connectivity index (χ0v) is 12.0. The lowest BCUT2D eigenvalue weighted by atomic mass is 10.2. The van der Waals surface area contributed by atoms with Crippen molar-refractivity contribution < 1.29 is 19.8 Å². The number of anilines is 1. The van der Waals surface area contributed by atoms with E-state index in [-0.39, 0.29) is 29.8 Å². The Hall–Kier alpha value is -1.79. The van der Waals surface area contributed by atoms with Gasteiger partial charge in [-0.3, -0.25) is 0 Å². The first-order chi connectivity index (χ1) is 9.35. The van der Waals surface area contributed by atoms with E-state index in [2.05, 4.69) is 5.32 Å². The van der Waals surface area contributed by atoms with Gasteiger partial charge in [-0.15, -0.1) is 0 Å². The topological polar surface area (TPSA) is 89.9 Å². The molecule has 0 heterocycles. The number of urea groups is 1. The Balaban J connectivity index is 2.91. The summed E-state index contributed by atoms with van der Waals surface area (Å²) >= 11 is 5.81. The van der Waals surface area contributed by atoms with Crippen molar-refractivity contribution >= 4 is 29.3 Å². The second kappa shape index (κ2) is 7.12. The predicted octanol–water partition coefficient (Wildman–Crippen LogP) is 2.27. The molecule has 0 saturated carbocycles. The highest BCUT2D eigenvalue weighted by atomic mass is 35.5. The summed E-state index contributed by atoms with van der Waals surface area (Å²) in [5.74, 6) is -1.13. The summed E-state index contributed by atoms with van der Waals surface area (Å²) in [5, 5.41) is 20.7. The van der Waals surface area contributed by atoms with E-state index in [1.165, 1.54) is 23.1 Å². The number of hydrogen-bond acceptors (Lipinski definition) is 3. The summed E-state index contributed by atoms with van der Waals surface area (Å²) in [6, 6.07) is 3.56. The molecule has 7 heteroatoms. The molecule has 0 unspecified atom stereocenters. The molecule has 0 fully saturated rings. The van der Waals surface area contributed by atoms with Crippen LogP contribution in [0.5, 0.6) is 0 Å². The number of nitrogens with zero attached hydrogens (tertiary/aromatic N) is 1. The van der Waals surface area contributed by atoms with Gasteiger partial charge in [0.1, 0.15) is 0 Å². The number of carboxylic acid groups (broad SMARTS) is 1. The maximum absolute atomic E-state index is 12.0. The number of benzene rings is 1. The van der Waals surface area contributed by atoms with E-state index in [9.17, 15) is 9.59 Å². The first-order valence-electron chi connectivity index (χ1n) is 6.07. The number of carbonyl (C=O) groups is 2. The summed E-state index contributed by atoms with van der Waals surface area (Å²) < 4.78 is 0. The van der Waals surface area contributed by atoms with E-state index in [0.29, 0.717) is 5.69 Å². The van der Waals surface area contributed by atoms with Crippen LogP contribution in [0.2, 0.25) is 5.02 Å². The fraction of sp³-hybridized carbons (Fsp3) is 0.385. The third kappa shape index (κ3) is 4.40. The van der Waals surface area contributed by atoms with Gasteiger partial charge in [0, 0.05) is 23.3 Å². The van der Waals surface area contributed by atoms with Crippen molar-refractivity contribution in [1.82, 2.24) is 4.90 Å². The van der Waals surface area contributed by atoms with E-state index in [0.717, 1.165) is 0 Å². The Kier molecular flexibility index (Phi) is 5.79. The van der Waals surface area contributed by atoms with Crippen LogP contribution in [-0.2, 0) is 0 Å². The van der Waals surface area contributed by atoms with Crippen LogP contribution in [0.3, 0.4) is 0 Å². The molecule has 110 valence electrons. The smallest absolute Gasteiger partial charge is 0.335 e. The Morgan fingerprint density at radius 1 is 1.35 bits per heavy atom. The van der Waals surface area contributed by atoms with Gasteiger partial charge < -0.3 is 20.4 Å². The molecule has 0 aliphatic carbocycles. The third-order valence-electron chi connectivity index (χ3n) is 2.62. The SMILES string of the molecule is CC(C)N(CCO)C(=O)Nc1cc(Cl)cc(C(=O)O)c1. The normalized spacial score (nSPS) is 10.4. The monoisotopic (exact) mass is 300 g/mol. The molecule has 20 heavy (non-hydrogen) atoms. The lowest BCUT2D eigenvalue weighted by molar-refractivity contribution is 0.0697. The van der Waals surface area contributed by atoms with Gasteiger partial charge in [-0.2, -0.15) is 0 Å². The van der Waals surface area contributed by atoms with Crippen LogP contribution in [0.4, 0.5) is 10.5 Å². The van der Waals surface area contributed by atoms with Crippen molar-refractivity contribution in [2.45, 2.75) is 19.9 Å². The van der Waals surface area contributed by atoms with E-state index in [1.54, 1.807) is 0 Å². The minimum absolute atomic E-state index is 0.00828. The van der Waals surface area contributed by atoms with Gasteiger partial charge in [0.05, 0.1) is 12.2 Å². The standard InChI is InChI=1S/C13H17ClN2O4/c1-8(2)16(3-4-17)13(20)15-11-6-9(12(18)19)5-10(14)7-11/h5-8,17H,3-4H2,1-2H3,(H,15,20)(H,18,19). The number of amides is 2. The summed E-state index contributed by atoms with van der Waals surface area (Å²) in [7, 11) is 0. The average Bonchev–Trinajstić information content (AvgIpc) is 2.34.